The molecule has 62 heavy (non-hydrogen) atoms. The molecule has 1 aromatic rings. The van der Waals surface area contributed by atoms with Crippen LogP contribution in [0.15, 0.2) is 29.0 Å². The van der Waals surface area contributed by atoms with Crippen molar-refractivity contribution in [3.05, 3.63) is 40.2 Å². The van der Waals surface area contributed by atoms with Gasteiger partial charge in [-0.25, -0.2) is 4.79 Å². The van der Waals surface area contributed by atoms with Gasteiger partial charge >= 0.3 is 6.09 Å². The number of aliphatic hydroxyl groups excluding tert-OH is 3. The second-order valence-electron chi connectivity index (χ2n) is 21.6. The first-order valence-electron chi connectivity index (χ1n) is 23.3. The second kappa shape index (κ2) is 15.9. The van der Waals surface area contributed by atoms with E-state index in [0.717, 1.165) is 49.4 Å². The van der Waals surface area contributed by atoms with Crippen LogP contribution in [0.2, 0.25) is 0 Å². The van der Waals surface area contributed by atoms with E-state index in [1.165, 1.54) is 82.8 Å². The normalized spacial score (nSPS) is 40.0. The highest BCUT2D eigenvalue weighted by atomic mass is 16.6. The number of fused-ring (bicyclic) bond motifs is 8. The van der Waals surface area contributed by atoms with Crippen molar-refractivity contribution < 1.29 is 49.4 Å². The number of phenols is 1. The summed E-state index contributed by atoms with van der Waals surface area (Å²) in [6.07, 6.45) is 12.9. The molecule has 0 aliphatic heterocycles. The van der Waals surface area contributed by atoms with Gasteiger partial charge in [-0.2, -0.15) is 0 Å². The highest BCUT2D eigenvalue weighted by Crippen LogP contribution is 2.68. The van der Waals surface area contributed by atoms with Gasteiger partial charge in [0.05, 0.1) is 29.3 Å². The molecule has 0 saturated heterocycles. The van der Waals surface area contributed by atoms with Crippen LogP contribution < -0.4 is 11.1 Å². The number of phenolic OH excluding ortho intramolecular Hbond substituents is 1. The minimum atomic E-state index is -3.02. The first-order valence-corrected chi connectivity index (χ1v) is 23.3. The van der Waals surface area contributed by atoms with Gasteiger partial charge < -0.3 is 36.0 Å². The standard InChI is InChI=1S/C49H69N3O10/c1-23(2)10-8-9-11-25-13-16-30-29-14-12-26-22-27(18-20-48(26,5)31(29)19-21-47(25,30)4)62-46(60)51-32-17-15-28-24(3)33-35(40(54)34(28)39(32)53)43(57)49(61)37(41(33)55)38(52(6)7)42(56)36(44(49)58)45(50)59/h15,17,23-27,29-31,33,37-38,41,53-55,58,61H,8-14,16,18-22H2,1-7H3,(H2,50,59)(H,51,60)/t24-,25-,26?,27?,29?,30?,31?,33+,37+,38-,41-,47+,48-,49-/m0/s1. The summed E-state index contributed by atoms with van der Waals surface area (Å²) in [5.41, 5.74) is 1.66. The number of unbranched alkanes of at least 4 members (excludes halogenated alkanes) is 1. The zero-order valence-electron chi connectivity index (χ0n) is 37.6. The Morgan fingerprint density at radius 1 is 0.968 bits per heavy atom. The van der Waals surface area contributed by atoms with Gasteiger partial charge in [-0.1, -0.05) is 59.9 Å². The van der Waals surface area contributed by atoms with Gasteiger partial charge in [-0.05, 0) is 142 Å². The molecule has 13 heteroatoms. The number of Topliss-reactive ketones (excluding diaryl/α,β-unsaturated/α-hetero) is 2. The summed E-state index contributed by atoms with van der Waals surface area (Å²) < 4.78 is 6.04. The van der Waals surface area contributed by atoms with Gasteiger partial charge in [0.25, 0.3) is 5.91 Å². The minimum absolute atomic E-state index is 0.0807. The van der Waals surface area contributed by atoms with Gasteiger partial charge in [-0.15, -0.1) is 0 Å². The smallest absolute Gasteiger partial charge is 0.412 e. The number of nitrogens with zero attached hydrogens (tertiary/aromatic N) is 1. The number of hydrogen-bond acceptors (Lipinski definition) is 11. The topological polar surface area (TPSA) is 220 Å². The number of rotatable bonds is 9. The highest BCUT2D eigenvalue weighted by Gasteiger charge is 2.68. The molecule has 5 unspecified atom stereocenters. The quantitative estimate of drug-likeness (QED) is 0.0743. The van der Waals surface area contributed by atoms with E-state index in [9.17, 15) is 44.7 Å². The van der Waals surface area contributed by atoms with Crippen molar-refractivity contribution in [2.75, 3.05) is 19.4 Å². The summed E-state index contributed by atoms with van der Waals surface area (Å²) in [6, 6.07) is 1.59. The van der Waals surface area contributed by atoms with E-state index in [1.54, 1.807) is 13.0 Å². The van der Waals surface area contributed by atoms with E-state index in [4.69, 9.17) is 10.5 Å². The number of carbonyl (C=O) groups is 4. The molecular weight excluding hydrogens is 791 g/mol. The number of primary amides is 1. The van der Waals surface area contributed by atoms with E-state index in [1.807, 2.05) is 0 Å². The number of nitrogens with one attached hydrogen (secondary N) is 1. The number of amides is 2. The Kier molecular flexibility index (Phi) is 11.5. The van der Waals surface area contributed by atoms with Crippen molar-refractivity contribution in [3.63, 3.8) is 0 Å². The molecule has 7 aliphatic carbocycles. The van der Waals surface area contributed by atoms with Crippen molar-refractivity contribution in [2.24, 2.45) is 63.9 Å². The Hall–Kier alpha value is -3.94. The lowest BCUT2D eigenvalue weighted by Gasteiger charge is -2.61. The Balaban J connectivity index is 0.967. The third-order valence-electron chi connectivity index (χ3n) is 18.0. The van der Waals surface area contributed by atoms with Crippen LogP contribution in [0, 0.1) is 58.2 Å². The number of anilines is 1. The SMILES string of the molecule is CC(C)CCCC[C@H]1CCC2C3CCC4CC(OC(=O)Nc5ccc6c(c5O)C(O)=C5C(=O)[C@]7(O)C(O)=C(C(N)=O)C(=O)[C@@H](N(C)C)[C@@H]7[C@@H](O)[C@@H]5[C@H]6C)CC[C@]4(C)C3CC[C@@]21C. The molecule has 0 radical (unpaired) electrons. The molecule has 14 atom stereocenters. The van der Waals surface area contributed by atoms with Crippen molar-refractivity contribution in [1.29, 1.82) is 0 Å². The van der Waals surface area contributed by atoms with E-state index in [0.29, 0.717) is 22.8 Å². The average molecular weight is 860 g/mol. The molecule has 5 saturated carbocycles. The highest BCUT2D eigenvalue weighted by molar-refractivity contribution is 6.24. The monoisotopic (exact) mass is 859 g/mol. The Bertz CT molecular complexity index is 2100. The lowest BCUT2D eigenvalue weighted by Crippen LogP contribution is -2.70. The van der Waals surface area contributed by atoms with Crippen molar-refractivity contribution in [3.8, 4) is 5.75 Å². The third-order valence-corrected chi connectivity index (χ3v) is 18.0. The van der Waals surface area contributed by atoms with Gasteiger partial charge in [-0.3, -0.25) is 24.6 Å². The predicted molar refractivity (Wildman–Crippen MR) is 233 cm³/mol. The molecule has 340 valence electrons. The first kappa shape index (κ1) is 44.7. The maximum atomic E-state index is 14.4. The number of ether oxygens (including phenoxy) is 1. The summed E-state index contributed by atoms with van der Waals surface area (Å²) in [6.45, 7) is 11.4. The third kappa shape index (κ3) is 6.63. The molecular formula is C49H69N3O10. The van der Waals surface area contributed by atoms with Crippen molar-refractivity contribution >= 4 is 35.0 Å². The first-order chi connectivity index (χ1) is 29.2. The van der Waals surface area contributed by atoms with Crippen LogP contribution in [0.3, 0.4) is 0 Å². The number of ketones is 2. The Morgan fingerprint density at radius 3 is 2.34 bits per heavy atom. The van der Waals surface area contributed by atoms with E-state index in [-0.39, 0.29) is 22.8 Å². The van der Waals surface area contributed by atoms with Crippen molar-refractivity contribution in [1.82, 2.24) is 4.90 Å². The fourth-order valence-corrected chi connectivity index (χ4v) is 14.9. The molecule has 7 aliphatic rings. The van der Waals surface area contributed by atoms with Gasteiger partial charge in [0.15, 0.2) is 11.4 Å². The summed E-state index contributed by atoms with van der Waals surface area (Å²) in [7, 11) is 2.92. The number of carbonyl (C=O) groups excluding carboxylic acids is 4. The lowest BCUT2D eigenvalue weighted by atomic mass is 9.44. The molecule has 8 N–H and O–H groups in total. The average Bonchev–Trinajstić information content (AvgIpc) is 3.54. The Morgan fingerprint density at radius 2 is 1.66 bits per heavy atom. The van der Waals surface area contributed by atoms with Gasteiger partial charge in [0, 0.05) is 11.5 Å². The summed E-state index contributed by atoms with van der Waals surface area (Å²) >= 11 is 0. The number of aromatic hydroxyl groups is 1. The van der Waals surface area contributed by atoms with E-state index < -0.39 is 87.5 Å². The Labute approximate surface area is 365 Å². The van der Waals surface area contributed by atoms with Crippen molar-refractivity contribution in [2.45, 2.75) is 148 Å². The largest absolute Gasteiger partial charge is 0.508 e. The summed E-state index contributed by atoms with van der Waals surface area (Å²) in [5, 5.41) is 61.2. The summed E-state index contributed by atoms with van der Waals surface area (Å²) in [5.74, 6) is -5.50. The van der Waals surface area contributed by atoms with Crippen LogP contribution in [0.25, 0.3) is 5.76 Å². The molecule has 1 aromatic carbocycles. The number of hydrogen-bond donors (Lipinski definition) is 7. The van der Waals surface area contributed by atoms with E-state index in [2.05, 4.69) is 33.0 Å². The number of benzene rings is 1. The van der Waals surface area contributed by atoms with Crippen LogP contribution in [0.1, 0.15) is 135 Å². The zero-order valence-corrected chi connectivity index (χ0v) is 37.6. The zero-order chi connectivity index (χ0) is 45.0. The summed E-state index contributed by atoms with van der Waals surface area (Å²) in [4.78, 5) is 55.1. The molecule has 13 nitrogen and oxygen atoms in total. The fourth-order valence-electron chi connectivity index (χ4n) is 14.9. The van der Waals surface area contributed by atoms with Gasteiger partial charge in [0.1, 0.15) is 28.9 Å². The molecule has 0 spiro atoms. The van der Waals surface area contributed by atoms with Gasteiger partial charge in [0.2, 0.25) is 5.78 Å². The molecule has 5 fully saturated rings. The molecule has 2 amide bonds. The maximum Gasteiger partial charge on any atom is 0.412 e. The number of nitrogens with two attached hydrogens (primary N) is 1. The molecule has 8 rings (SSSR count). The maximum absolute atomic E-state index is 14.4. The number of likely N-dealkylation sites (N-methyl/N-ethyl adjacent to an activating group) is 1. The fraction of sp³-hybridized carbons (Fsp3) is 0.714. The second-order valence-corrected chi connectivity index (χ2v) is 21.6. The van der Waals surface area contributed by atoms with Crippen LogP contribution in [0.4, 0.5) is 10.5 Å². The molecule has 0 bridgehead atoms. The minimum Gasteiger partial charge on any atom is -0.508 e. The van der Waals surface area contributed by atoms with Crippen LogP contribution in [-0.2, 0) is 19.1 Å². The van der Waals surface area contributed by atoms with Crippen LogP contribution >= 0.6 is 0 Å². The molecule has 0 aromatic heterocycles. The lowest BCUT2D eigenvalue weighted by molar-refractivity contribution is -0.169. The van der Waals surface area contributed by atoms with Crippen LogP contribution in [0.5, 0.6) is 5.75 Å². The predicted octanol–water partition coefficient (Wildman–Crippen LogP) is 7.29. The molecule has 0 heterocycles. The van der Waals surface area contributed by atoms with Crippen LogP contribution in [-0.4, -0.2) is 91.9 Å². The van der Waals surface area contributed by atoms with E-state index >= 15 is 0 Å². The number of aliphatic hydroxyl groups is 4.